The van der Waals surface area contributed by atoms with Gasteiger partial charge < -0.3 is 19.9 Å². The Morgan fingerprint density at radius 1 is 1.37 bits per heavy atom. The maximum atomic E-state index is 12.6. The molecule has 1 amide bonds. The highest BCUT2D eigenvalue weighted by Gasteiger charge is 2.19. The number of thiophene rings is 1. The van der Waals surface area contributed by atoms with E-state index in [0.717, 1.165) is 39.3 Å². The molecule has 0 atom stereocenters. The molecule has 27 heavy (non-hydrogen) atoms. The predicted octanol–water partition coefficient (Wildman–Crippen LogP) is 0.807. The van der Waals surface area contributed by atoms with Crippen LogP contribution in [0.4, 0.5) is 0 Å². The number of hydrogen-bond donors (Lipinski definition) is 2. The van der Waals surface area contributed by atoms with Crippen molar-refractivity contribution in [3.8, 4) is 0 Å². The van der Waals surface area contributed by atoms with Gasteiger partial charge in [0.1, 0.15) is 10.7 Å². The van der Waals surface area contributed by atoms with Crippen molar-refractivity contribution < 1.29 is 9.53 Å². The predicted molar refractivity (Wildman–Crippen MR) is 107 cm³/mol. The Balaban J connectivity index is 1.64. The molecule has 0 aromatic carbocycles. The largest absolute Gasteiger partial charge is 0.379 e. The molecule has 0 bridgehead atoms. The molecule has 2 aromatic rings. The van der Waals surface area contributed by atoms with Gasteiger partial charge in [0.25, 0.3) is 11.5 Å². The zero-order valence-electron chi connectivity index (χ0n) is 16.1. The summed E-state index contributed by atoms with van der Waals surface area (Å²) in [6, 6.07) is 0. The van der Waals surface area contributed by atoms with Gasteiger partial charge in [-0.25, -0.2) is 4.98 Å². The van der Waals surface area contributed by atoms with E-state index in [1.54, 1.807) is 0 Å². The van der Waals surface area contributed by atoms with Crippen LogP contribution in [0.3, 0.4) is 0 Å². The molecule has 0 radical (unpaired) electrons. The van der Waals surface area contributed by atoms with Gasteiger partial charge >= 0.3 is 0 Å². The third-order valence-electron chi connectivity index (χ3n) is 4.56. The summed E-state index contributed by atoms with van der Waals surface area (Å²) in [5.41, 5.74) is 0.516. The van der Waals surface area contributed by atoms with E-state index in [-0.39, 0.29) is 11.5 Å². The van der Waals surface area contributed by atoms with E-state index in [1.807, 2.05) is 25.9 Å². The Kier molecular flexibility index (Phi) is 6.59. The smallest absolute Gasteiger partial charge is 0.261 e. The number of rotatable bonds is 7. The minimum absolute atomic E-state index is 0.133. The van der Waals surface area contributed by atoms with Crippen molar-refractivity contribution in [1.82, 2.24) is 25.1 Å². The standard InChI is InChI=1S/C18H27N5O3S/c1-12-14-16(24)20-13(11-22(2)3)21-18(14)27-15(12)17(25)19-5-4-6-23-7-9-26-10-8-23/h4-11H2,1-3H3,(H,19,25)(H,20,21,24). The first kappa shape index (κ1) is 19.9. The number of carbonyl (C=O) groups excluding carboxylic acids is 1. The second kappa shape index (κ2) is 8.92. The first-order valence-corrected chi connectivity index (χ1v) is 10.0. The van der Waals surface area contributed by atoms with Crippen LogP contribution < -0.4 is 10.9 Å². The van der Waals surface area contributed by atoms with Crippen LogP contribution in [0.5, 0.6) is 0 Å². The van der Waals surface area contributed by atoms with Gasteiger partial charge in [0.15, 0.2) is 0 Å². The number of nitrogens with one attached hydrogen (secondary N) is 2. The fourth-order valence-electron chi connectivity index (χ4n) is 3.19. The van der Waals surface area contributed by atoms with Gasteiger partial charge in [0.05, 0.1) is 30.0 Å². The molecule has 148 valence electrons. The molecular formula is C18H27N5O3S. The Morgan fingerprint density at radius 3 is 2.81 bits per heavy atom. The van der Waals surface area contributed by atoms with E-state index in [9.17, 15) is 9.59 Å². The number of ether oxygens (including phenoxy) is 1. The lowest BCUT2D eigenvalue weighted by Crippen LogP contribution is -2.38. The second-order valence-electron chi connectivity index (χ2n) is 7.05. The van der Waals surface area contributed by atoms with Crippen molar-refractivity contribution >= 4 is 27.5 Å². The van der Waals surface area contributed by atoms with Crippen molar-refractivity contribution in [3.05, 3.63) is 26.6 Å². The van der Waals surface area contributed by atoms with E-state index < -0.39 is 0 Å². The number of fused-ring (bicyclic) bond motifs is 1. The van der Waals surface area contributed by atoms with Gasteiger partial charge in [-0.1, -0.05) is 0 Å². The van der Waals surface area contributed by atoms with Crippen molar-refractivity contribution in [1.29, 1.82) is 0 Å². The fraction of sp³-hybridized carbons (Fsp3) is 0.611. The van der Waals surface area contributed by atoms with E-state index in [2.05, 4.69) is 20.2 Å². The molecule has 0 spiro atoms. The second-order valence-corrected chi connectivity index (χ2v) is 8.05. The van der Waals surface area contributed by atoms with Crippen molar-refractivity contribution in [2.45, 2.75) is 19.9 Å². The fourth-order valence-corrected chi connectivity index (χ4v) is 4.31. The molecule has 1 fully saturated rings. The summed E-state index contributed by atoms with van der Waals surface area (Å²) < 4.78 is 5.34. The lowest BCUT2D eigenvalue weighted by molar-refractivity contribution is 0.0374. The van der Waals surface area contributed by atoms with E-state index >= 15 is 0 Å². The molecule has 0 saturated carbocycles. The van der Waals surface area contributed by atoms with E-state index in [4.69, 9.17) is 4.74 Å². The highest BCUT2D eigenvalue weighted by Crippen LogP contribution is 2.26. The van der Waals surface area contributed by atoms with Crippen molar-refractivity contribution in [2.75, 3.05) is 53.5 Å². The highest BCUT2D eigenvalue weighted by atomic mass is 32.1. The SMILES string of the molecule is Cc1c(C(=O)NCCCN2CCOCC2)sc2nc(CN(C)C)[nH]c(=O)c12. The number of H-pyrrole nitrogens is 1. The van der Waals surface area contributed by atoms with Crippen LogP contribution >= 0.6 is 11.3 Å². The van der Waals surface area contributed by atoms with Gasteiger partial charge in [-0.15, -0.1) is 11.3 Å². The van der Waals surface area contributed by atoms with Crippen LogP contribution in [-0.2, 0) is 11.3 Å². The maximum Gasteiger partial charge on any atom is 0.261 e. The number of hydrogen-bond acceptors (Lipinski definition) is 7. The third-order valence-corrected chi connectivity index (χ3v) is 5.75. The monoisotopic (exact) mass is 393 g/mol. The van der Waals surface area contributed by atoms with Gasteiger partial charge in [0, 0.05) is 19.6 Å². The first-order valence-electron chi connectivity index (χ1n) is 9.21. The quantitative estimate of drug-likeness (QED) is 0.677. The first-order chi connectivity index (χ1) is 13.0. The third kappa shape index (κ3) is 4.92. The summed E-state index contributed by atoms with van der Waals surface area (Å²) in [4.78, 5) is 37.8. The van der Waals surface area contributed by atoms with Crippen molar-refractivity contribution in [2.24, 2.45) is 0 Å². The molecule has 1 saturated heterocycles. The maximum absolute atomic E-state index is 12.6. The van der Waals surface area contributed by atoms with Crippen molar-refractivity contribution in [3.63, 3.8) is 0 Å². The topological polar surface area (TPSA) is 90.6 Å². The molecular weight excluding hydrogens is 366 g/mol. The van der Waals surface area contributed by atoms with Gasteiger partial charge in [-0.05, 0) is 39.5 Å². The lowest BCUT2D eigenvalue weighted by Gasteiger charge is -2.26. The summed E-state index contributed by atoms with van der Waals surface area (Å²) >= 11 is 1.28. The normalized spacial score (nSPS) is 15.6. The Labute approximate surface area is 162 Å². The average molecular weight is 394 g/mol. The van der Waals surface area contributed by atoms with Gasteiger partial charge in [0.2, 0.25) is 0 Å². The van der Waals surface area contributed by atoms with Crippen LogP contribution in [0.25, 0.3) is 10.2 Å². The summed E-state index contributed by atoms with van der Waals surface area (Å²) in [7, 11) is 3.83. The summed E-state index contributed by atoms with van der Waals surface area (Å²) in [5.74, 6) is 0.474. The Hall–Kier alpha value is -1.81. The van der Waals surface area contributed by atoms with Crippen LogP contribution in [0.15, 0.2) is 4.79 Å². The lowest BCUT2D eigenvalue weighted by atomic mass is 10.2. The number of amides is 1. The molecule has 3 rings (SSSR count). The molecule has 3 heterocycles. The zero-order valence-corrected chi connectivity index (χ0v) is 16.9. The minimum atomic E-state index is -0.183. The van der Waals surface area contributed by atoms with Crippen LogP contribution in [0, 0.1) is 6.92 Å². The molecule has 1 aliphatic rings. The average Bonchev–Trinajstić information content (AvgIpc) is 2.96. The molecule has 8 nitrogen and oxygen atoms in total. The molecule has 1 aliphatic heterocycles. The summed E-state index contributed by atoms with van der Waals surface area (Å²) in [5, 5.41) is 3.49. The number of aryl methyl sites for hydroxylation is 1. The number of morpholine rings is 1. The van der Waals surface area contributed by atoms with Gasteiger partial charge in [-0.2, -0.15) is 0 Å². The molecule has 2 aromatic heterocycles. The highest BCUT2D eigenvalue weighted by molar-refractivity contribution is 7.20. The van der Waals surface area contributed by atoms with Crippen LogP contribution in [0.1, 0.15) is 27.5 Å². The Morgan fingerprint density at radius 2 is 2.11 bits per heavy atom. The summed E-state index contributed by atoms with van der Waals surface area (Å²) in [6.45, 7) is 7.38. The number of aromatic nitrogens is 2. The van der Waals surface area contributed by atoms with Crippen LogP contribution in [-0.4, -0.2) is 79.2 Å². The Bertz CT molecular complexity index is 855. The molecule has 9 heteroatoms. The number of carbonyl (C=O) groups is 1. The van der Waals surface area contributed by atoms with E-state index in [1.165, 1.54) is 11.3 Å². The number of aromatic amines is 1. The molecule has 0 aliphatic carbocycles. The van der Waals surface area contributed by atoms with Crippen LogP contribution in [0.2, 0.25) is 0 Å². The summed E-state index contributed by atoms with van der Waals surface area (Å²) in [6.07, 6.45) is 0.890. The zero-order chi connectivity index (χ0) is 19.4. The van der Waals surface area contributed by atoms with E-state index in [0.29, 0.717) is 39.6 Å². The molecule has 0 unspecified atom stereocenters. The molecule has 2 N–H and O–H groups in total. The minimum Gasteiger partial charge on any atom is -0.379 e. The number of nitrogens with zero attached hydrogens (tertiary/aromatic N) is 3. The van der Waals surface area contributed by atoms with Gasteiger partial charge in [-0.3, -0.25) is 14.5 Å².